The highest BCUT2D eigenvalue weighted by Gasteiger charge is 2.32. The molecule has 12 heteroatoms. The average Bonchev–Trinajstić information content (AvgIpc) is 3.60. The predicted molar refractivity (Wildman–Crippen MR) is 128 cm³/mol. The fourth-order valence-corrected chi connectivity index (χ4v) is 4.44. The molecule has 2 aromatic carbocycles. The molecule has 6 rings (SSSR count). The summed E-state index contributed by atoms with van der Waals surface area (Å²) in [5.74, 6) is -1.04. The lowest BCUT2D eigenvalue weighted by Crippen LogP contribution is -2.21. The second-order valence-corrected chi connectivity index (χ2v) is 8.40. The first kappa shape index (κ1) is 22.6. The predicted octanol–water partition coefficient (Wildman–Crippen LogP) is 4.79. The van der Waals surface area contributed by atoms with E-state index < -0.39 is 18.0 Å². The van der Waals surface area contributed by atoms with Gasteiger partial charge in [0.05, 0.1) is 11.9 Å². The Morgan fingerprint density at radius 1 is 1.05 bits per heavy atom. The number of aromatic nitrogens is 5. The number of fused-ring (bicyclic) bond motifs is 2. The van der Waals surface area contributed by atoms with E-state index in [-0.39, 0.29) is 11.4 Å². The molecule has 1 aliphatic heterocycles. The third kappa shape index (κ3) is 4.33. The van der Waals surface area contributed by atoms with Gasteiger partial charge >= 0.3 is 6.36 Å². The van der Waals surface area contributed by atoms with Crippen molar-refractivity contribution >= 4 is 22.9 Å². The van der Waals surface area contributed by atoms with Crippen molar-refractivity contribution in [2.45, 2.75) is 19.5 Å². The lowest BCUT2D eigenvalue weighted by atomic mass is 10.1. The first-order chi connectivity index (χ1) is 17.9. The molecule has 3 aromatic heterocycles. The molecule has 0 fully saturated rings. The number of halogens is 3. The number of aromatic amines is 1. The Morgan fingerprint density at radius 3 is 2.54 bits per heavy atom. The Balaban J connectivity index is 1.42. The van der Waals surface area contributed by atoms with E-state index in [2.05, 4.69) is 30.3 Å². The minimum absolute atomic E-state index is 0.0818. The Kier molecular flexibility index (Phi) is 5.29. The highest BCUT2D eigenvalue weighted by Crippen LogP contribution is 2.35. The molecule has 0 unspecified atom stereocenters. The number of amides is 1. The molecule has 0 aliphatic carbocycles. The van der Waals surface area contributed by atoms with Crippen LogP contribution in [0.1, 0.15) is 21.6 Å². The lowest BCUT2D eigenvalue weighted by Gasteiger charge is -2.17. The lowest BCUT2D eigenvalue weighted by molar-refractivity contribution is -0.274. The highest BCUT2D eigenvalue weighted by molar-refractivity contribution is 6.09. The topological polar surface area (TPSA) is 100 Å². The number of benzene rings is 2. The zero-order chi connectivity index (χ0) is 25.6. The standard InChI is InChI=1S/C25H18F3N7O2/c26-25(27,28)37-19-7-3-6-18(10-19)32-24(36)21-22(34-13-15-4-1-2-5-16(15)14-34)23-29-9-8-20(35(23)33-21)17-11-30-31-12-17/h1-12H,13-14H2,(H,30,31)(H,32,36). The summed E-state index contributed by atoms with van der Waals surface area (Å²) in [6.07, 6.45) is 0.116. The van der Waals surface area contributed by atoms with Crippen molar-refractivity contribution < 1.29 is 22.7 Å². The molecule has 0 saturated heterocycles. The van der Waals surface area contributed by atoms with Crippen molar-refractivity contribution in [3.63, 3.8) is 0 Å². The molecule has 37 heavy (non-hydrogen) atoms. The minimum Gasteiger partial charge on any atom is -0.406 e. The fourth-order valence-electron chi connectivity index (χ4n) is 4.44. The smallest absolute Gasteiger partial charge is 0.406 e. The molecule has 0 saturated carbocycles. The van der Waals surface area contributed by atoms with Crippen LogP contribution in [0.5, 0.6) is 5.75 Å². The SMILES string of the molecule is O=C(Nc1cccc(OC(F)(F)F)c1)c1nn2c(-c3cn[nH]c3)ccnc2c1N1Cc2ccccc2C1. The number of H-pyrrole nitrogens is 1. The fraction of sp³-hybridized carbons (Fsp3) is 0.120. The Morgan fingerprint density at radius 2 is 1.84 bits per heavy atom. The third-order valence-corrected chi connectivity index (χ3v) is 5.99. The van der Waals surface area contributed by atoms with E-state index in [0.717, 1.165) is 28.8 Å². The maximum Gasteiger partial charge on any atom is 0.573 e. The monoisotopic (exact) mass is 505 g/mol. The molecule has 2 N–H and O–H groups in total. The molecule has 9 nitrogen and oxygen atoms in total. The highest BCUT2D eigenvalue weighted by atomic mass is 19.4. The molecule has 1 aliphatic rings. The van der Waals surface area contributed by atoms with Crippen LogP contribution >= 0.6 is 0 Å². The molecule has 0 atom stereocenters. The van der Waals surface area contributed by atoms with Crippen LogP contribution in [0.25, 0.3) is 16.9 Å². The molecule has 5 aromatic rings. The molecule has 0 radical (unpaired) electrons. The molecular formula is C25H18F3N7O2. The van der Waals surface area contributed by atoms with Crippen LogP contribution in [0, 0.1) is 0 Å². The first-order valence-electron chi connectivity index (χ1n) is 11.2. The van der Waals surface area contributed by atoms with Gasteiger partial charge in [-0.05, 0) is 29.3 Å². The van der Waals surface area contributed by atoms with E-state index in [1.165, 1.54) is 12.1 Å². The normalized spacial score (nSPS) is 13.1. The van der Waals surface area contributed by atoms with Crippen molar-refractivity contribution in [2.75, 3.05) is 10.2 Å². The quantitative estimate of drug-likeness (QED) is 0.356. The van der Waals surface area contributed by atoms with E-state index in [4.69, 9.17) is 0 Å². The van der Waals surface area contributed by atoms with E-state index in [1.807, 2.05) is 29.2 Å². The van der Waals surface area contributed by atoms with Gasteiger partial charge < -0.3 is 15.0 Å². The number of carbonyl (C=O) groups is 1. The zero-order valence-corrected chi connectivity index (χ0v) is 19.0. The average molecular weight is 505 g/mol. The van der Waals surface area contributed by atoms with Crippen molar-refractivity contribution in [1.29, 1.82) is 0 Å². The van der Waals surface area contributed by atoms with E-state index in [9.17, 15) is 18.0 Å². The van der Waals surface area contributed by atoms with Gasteiger partial charge in [0.1, 0.15) is 11.4 Å². The van der Waals surface area contributed by atoms with Gasteiger partial charge in [-0.15, -0.1) is 13.2 Å². The maximum atomic E-state index is 13.5. The van der Waals surface area contributed by atoms with Crippen molar-refractivity contribution in [3.05, 3.63) is 90.0 Å². The molecule has 0 bridgehead atoms. The number of carbonyl (C=O) groups excluding carboxylic acids is 1. The van der Waals surface area contributed by atoms with Crippen LogP contribution in [0.3, 0.4) is 0 Å². The number of hydrogen-bond acceptors (Lipinski definition) is 6. The zero-order valence-electron chi connectivity index (χ0n) is 19.0. The molecule has 4 heterocycles. The summed E-state index contributed by atoms with van der Waals surface area (Å²) in [4.78, 5) is 20.0. The maximum absolute atomic E-state index is 13.5. The Labute approximate surface area is 207 Å². The minimum atomic E-state index is -4.85. The molecule has 0 spiro atoms. The van der Waals surface area contributed by atoms with Crippen LogP contribution in [-0.2, 0) is 13.1 Å². The summed E-state index contributed by atoms with van der Waals surface area (Å²) in [6, 6.07) is 14.8. The number of alkyl halides is 3. The number of anilines is 2. The largest absolute Gasteiger partial charge is 0.573 e. The molecular weight excluding hydrogens is 487 g/mol. The van der Waals surface area contributed by atoms with Crippen LogP contribution in [0.2, 0.25) is 0 Å². The van der Waals surface area contributed by atoms with E-state index in [1.54, 1.807) is 29.2 Å². The van der Waals surface area contributed by atoms with Crippen LogP contribution in [0.15, 0.2) is 73.2 Å². The van der Waals surface area contributed by atoms with Gasteiger partial charge in [0, 0.05) is 42.8 Å². The van der Waals surface area contributed by atoms with Gasteiger partial charge in [-0.1, -0.05) is 30.3 Å². The summed E-state index contributed by atoms with van der Waals surface area (Å²) in [5, 5.41) is 14.0. The third-order valence-electron chi connectivity index (χ3n) is 5.99. The summed E-state index contributed by atoms with van der Waals surface area (Å²) in [5.41, 5.74) is 4.84. The number of ether oxygens (including phenoxy) is 1. The number of nitrogens with one attached hydrogen (secondary N) is 2. The van der Waals surface area contributed by atoms with Crippen LogP contribution in [-0.4, -0.2) is 37.1 Å². The Hall–Kier alpha value is -4.87. The Bertz CT molecular complexity index is 1590. The number of rotatable bonds is 5. The van der Waals surface area contributed by atoms with Crippen molar-refractivity contribution in [2.24, 2.45) is 0 Å². The van der Waals surface area contributed by atoms with Gasteiger partial charge in [0.2, 0.25) is 0 Å². The van der Waals surface area contributed by atoms with E-state index in [0.29, 0.717) is 30.1 Å². The number of hydrogen-bond donors (Lipinski definition) is 2. The van der Waals surface area contributed by atoms with Gasteiger partial charge in [0.15, 0.2) is 11.3 Å². The van der Waals surface area contributed by atoms with Gasteiger partial charge in [-0.3, -0.25) is 9.89 Å². The van der Waals surface area contributed by atoms with Crippen LogP contribution < -0.4 is 15.0 Å². The molecule has 1 amide bonds. The summed E-state index contributed by atoms with van der Waals surface area (Å²) in [7, 11) is 0. The van der Waals surface area contributed by atoms with Gasteiger partial charge in [0.25, 0.3) is 5.91 Å². The van der Waals surface area contributed by atoms with Gasteiger partial charge in [-0.25, -0.2) is 9.50 Å². The van der Waals surface area contributed by atoms with Crippen molar-refractivity contribution in [3.8, 4) is 17.0 Å². The van der Waals surface area contributed by atoms with Gasteiger partial charge in [-0.2, -0.15) is 10.2 Å². The second-order valence-electron chi connectivity index (χ2n) is 8.40. The molecule has 186 valence electrons. The summed E-state index contributed by atoms with van der Waals surface area (Å²) >= 11 is 0. The number of nitrogens with zero attached hydrogens (tertiary/aromatic N) is 5. The second kappa shape index (κ2) is 8.66. The van der Waals surface area contributed by atoms with E-state index >= 15 is 0 Å². The summed E-state index contributed by atoms with van der Waals surface area (Å²) in [6.45, 7) is 1.09. The first-order valence-corrected chi connectivity index (χ1v) is 11.2. The van der Waals surface area contributed by atoms with Crippen molar-refractivity contribution in [1.82, 2.24) is 24.8 Å². The van der Waals surface area contributed by atoms with Crippen LogP contribution in [0.4, 0.5) is 24.5 Å². The summed E-state index contributed by atoms with van der Waals surface area (Å²) < 4.78 is 43.6.